The van der Waals surface area contributed by atoms with Crippen LogP contribution in [-0.4, -0.2) is 18.0 Å². The molecule has 1 atom stereocenters. The van der Waals surface area contributed by atoms with Crippen LogP contribution in [0.3, 0.4) is 0 Å². The minimum absolute atomic E-state index is 0.139. The van der Waals surface area contributed by atoms with Gasteiger partial charge in [-0.15, -0.1) is 0 Å². The largest absolute Gasteiger partial charge is 0.351 e. The molecule has 0 saturated carbocycles. The Kier molecular flexibility index (Phi) is 6.17. The molecule has 3 nitrogen and oxygen atoms in total. The predicted octanol–water partition coefficient (Wildman–Crippen LogP) is 2.69. The van der Waals surface area contributed by atoms with E-state index in [-0.39, 0.29) is 16.9 Å². The van der Waals surface area contributed by atoms with Crippen LogP contribution in [0.15, 0.2) is 0 Å². The quantitative estimate of drug-likeness (QED) is 0.752. The number of nitrogens with two attached hydrogens (primary N) is 1. The van der Waals surface area contributed by atoms with Crippen LogP contribution in [0.5, 0.6) is 0 Å². The fourth-order valence-electron chi connectivity index (χ4n) is 2.29. The fourth-order valence-corrected chi connectivity index (χ4v) is 2.29. The molecule has 0 rings (SSSR count). The Morgan fingerprint density at radius 3 is 2.18 bits per heavy atom. The van der Waals surface area contributed by atoms with Crippen LogP contribution >= 0.6 is 0 Å². The van der Waals surface area contributed by atoms with E-state index in [0.717, 1.165) is 12.8 Å². The second kappa shape index (κ2) is 6.39. The maximum absolute atomic E-state index is 11.9. The molecule has 0 aromatic carbocycles. The lowest BCUT2D eigenvalue weighted by Crippen LogP contribution is -2.45. The molecule has 102 valence electrons. The molecule has 0 aromatic heterocycles. The number of hydrogen-bond donors (Lipinski definition) is 2. The summed E-state index contributed by atoms with van der Waals surface area (Å²) in [5.41, 5.74) is 5.62. The first-order chi connectivity index (χ1) is 7.56. The summed E-state index contributed by atoms with van der Waals surface area (Å²) in [5, 5.41) is 3.05. The molecular formula is C14H30N2O. The number of carbonyl (C=O) groups excluding carboxylic acids is 1. The van der Waals surface area contributed by atoms with Gasteiger partial charge in [-0.3, -0.25) is 4.79 Å². The highest BCUT2D eigenvalue weighted by Crippen LogP contribution is 2.26. The summed E-state index contributed by atoms with van der Waals surface area (Å²) in [4.78, 5) is 11.9. The van der Waals surface area contributed by atoms with Crippen molar-refractivity contribution in [2.45, 2.75) is 66.3 Å². The molecule has 0 radical (unpaired) electrons. The van der Waals surface area contributed by atoms with Gasteiger partial charge in [-0.05, 0) is 44.6 Å². The Morgan fingerprint density at radius 2 is 1.76 bits per heavy atom. The monoisotopic (exact) mass is 242 g/mol. The van der Waals surface area contributed by atoms with E-state index >= 15 is 0 Å². The molecule has 0 aromatic rings. The zero-order chi connectivity index (χ0) is 13.7. The lowest BCUT2D eigenvalue weighted by atomic mass is 9.84. The van der Waals surface area contributed by atoms with Crippen LogP contribution in [0, 0.1) is 11.3 Å². The first kappa shape index (κ1) is 16.4. The van der Waals surface area contributed by atoms with E-state index in [2.05, 4.69) is 33.0 Å². The minimum Gasteiger partial charge on any atom is -0.351 e. The van der Waals surface area contributed by atoms with Crippen molar-refractivity contribution in [2.24, 2.45) is 17.1 Å². The van der Waals surface area contributed by atoms with E-state index in [4.69, 9.17) is 5.73 Å². The van der Waals surface area contributed by atoms with Crippen LogP contribution in [-0.2, 0) is 4.79 Å². The van der Waals surface area contributed by atoms with Gasteiger partial charge in [0.1, 0.15) is 0 Å². The van der Waals surface area contributed by atoms with Crippen LogP contribution < -0.4 is 11.1 Å². The van der Waals surface area contributed by atoms with Crippen molar-refractivity contribution < 1.29 is 4.79 Å². The van der Waals surface area contributed by atoms with Gasteiger partial charge < -0.3 is 11.1 Å². The molecule has 17 heavy (non-hydrogen) atoms. The zero-order valence-corrected chi connectivity index (χ0v) is 12.4. The Hall–Kier alpha value is -0.570. The van der Waals surface area contributed by atoms with Gasteiger partial charge in [0.15, 0.2) is 0 Å². The van der Waals surface area contributed by atoms with Gasteiger partial charge in [-0.1, -0.05) is 27.7 Å². The van der Waals surface area contributed by atoms with Crippen molar-refractivity contribution in [1.82, 2.24) is 5.32 Å². The van der Waals surface area contributed by atoms with E-state index < -0.39 is 0 Å². The van der Waals surface area contributed by atoms with E-state index in [1.807, 2.05) is 13.8 Å². The van der Waals surface area contributed by atoms with Gasteiger partial charge in [0.2, 0.25) is 5.91 Å². The molecule has 0 saturated heterocycles. The third kappa shape index (κ3) is 9.16. The maximum atomic E-state index is 11.9. The fraction of sp³-hybridized carbons (Fsp3) is 0.929. The van der Waals surface area contributed by atoms with Crippen molar-refractivity contribution in [2.75, 3.05) is 6.54 Å². The highest BCUT2D eigenvalue weighted by Gasteiger charge is 2.22. The first-order valence-corrected chi connectivity index (χ1v) is 6.57. The van der Waals surface area contributed by atoms with Crippen LogP contribution in [0.2, 0.25) is 0 Å². The summed E-state index contributed by atoms with van der Waals surface area (Å²) in [5.74, 6) is 0.559. The highest BCUT2D eigenvalue weighted by molar-refractivity contribution is 5.76. The van der Waals surface area contributed by atoms with Crippen LogP contribution in [0.4, 0.5) is 0 Å². The average Bonchev–Trinajstić information content (AvgIpc) is 1.96. The van der Waals surface area contributed by atoms with Gasteiger partial charge in [0, 0.05) is 12.0 Å². The standard InChI is InChI=1S/C14H30N2O/c1-11(10-13(2,3)4)9-12(17)16-14(5,6)7-8-15/h11H,7-10,15H2,1-6H3,(H,16,17). The van der Waals surface area contributed by atoms with E-state index in [9.17, 15) is 4.79 Å². The summed E-state index contributed by atoms with van der Waals surface area (Å²) in [6.07, 6.45) is 2.48. The summed E-state index contributed by atoms with van der Waals surface area (Å²) < 4.78 is 0. The van der Waals surface area contributed by atoms with Crippen molar-refractivity contribution in [3.8, 4) is 0 Å². The molecule has 0 bridgehead atoms. The number of nitrogens with one attached hydrogen (secondary N) is 1. The molecule has 0 aliphatic carbocycles. The van der Waals surface area contributed by atoms with Crippen molar-refractivity contribution in [3.63, 3.8) is 0 Å². The molecule has 3 heteroatoms. The second-order valence-electron chi connectivity index (χ2n) is 7.04. The summed E-state index contributed by atoms with van der Waals surface area (Å²) in [6, 6.07) is 0. The molecule has 0 aliphatic heterocycles. The average molecular weight is 242 g/mol. The lowest BCUT2D eigenvalue weighted by molar-refractivity contribution is -0.123. The van der Waals surface area contributed by atoms with Gasteiger partial charge in [-0.25, -0.2) is 0 Å². The molecule has 0 heterocycles. The van der Waals surface area contributed by atoms with Crippen LogP contribution in [0.25, 0.3) is 0 Å². The predicted molar refractivity (Wildman–Crippen MR) is 73.7 cm³/mol. The molecule has 0 aliphatic rings. The van der Waals surface area contributed by atoms with E-state index in [0.29, 0.717) is 18.9 Å². The first-order valence-electron chi connectivity index (χ1n) is 6.57. The highest BCUT2D eigenvalue weighted by atomic mass is 16.1. The molecule has 0 fully saturated rings. The smallest absolute Gasteiger partial charge is 0.220 e. The summed E-state index contributed by atoms with van der Waals surface area (Å²) in [6.45, 7) is 13.4. The van der Waals surface area contributed by atoms with E-state index in [1.54, 1.807) is 0 Å². The van der Waals surface area contributed by atoms with Crippen molar-refractivity contribution in [1.29, 1.82) is 0 Å². The summed E-state index contributed by atoms with van der Waals surface area (Å²) >= 11 is 0. The maximum Gasteiger partial charge on any atom is 0.220 e. The molecular weight excluding hydrogens is 212 g/mol. The Bertz CT molecular complexity index is 241. The topological polar surface area (TPSA) is 55.1 Å². The second-order valence-corrected chi connectivity index (χ2v) is 7.04. The Balaban J connectivity index is 4.10. The Labute approximate surface area is 107 Å². The lowest BCUT2D eigenvalue weighted by Gasteiger charge is -2.28. The van der Waals surface area contributed by atoms with Gasteiger partial charge >= 0.3 is 0 Å². The normalized spacial score (nSPS) is 14.5. The number of rotatable bonds is 6. The van der Waals surface area contributed by atoms with Crippen LogP contribution in [0.1, 0.15) is 60.8 Å². The Morgan fingerprint density at radius 1 is 1.24 bits per heavy atom. The molecule has 0 spiro atoms. The van der Waals surface area contributed by atoms with Crippen molar-refractivity contribution >= 4 is 5.91 Å². The van der Waals surface area contributed by atoms with Gasteiger partial charge in [0.25, 0.3) is 0 Å². The minimum atomic E-state index is -0.187. The summed E-state index contributed by atoms with van der Waals surface area (Å²) in [7, 11) is 0. The number of hydrogen-bond acceptors (Lipinski definition) is 2. The third-order valence-electron chi connectivity index (χ3n) is 2.74. The number of carbonyl (C=O) groups is 1. The zero-order valence-electron chi connectivity index (χ0n) is 12.4. The van der Waals surface area contributed by atoms with E-state index in [1.165, 1.54) is 0 Å². The van der Waals surface area contributed by atoms with Gasteiger partial charge in [-0.2, -0.15) is 0 Å². The molecule has 1 amide bonds. The SMILES string of the molecule is CC(CC(=O)NC(C)(C)CCN)CC(C)(C)C. The molecule has 1 unspecified atom stereocenters. The molecule has 3 N–H and O–H groups in total. The van der Waals surface area contributed by atoms with Crippen molar-refractivity contribution in [3.05, 3.63) is 0 Å². The third-order valence-corrected chi connectivity index (χ3v) is 2.74. The number of amides is 1. The van der Waals surface area contributed by atoms with Gasteiger partial charge in [0.05, 0.1) is 0 Å².